The molecule has 0 saturated carbocycles. The van der Waals surface area contributed by atoms with E-state index in [-0.39, 0.29) is 0 Å². The summed E-state index contributed by atoms with van der Waals surface area (Å²) in [6, 6.07) is 10.5. The minimum Gasteiger partial charge on any atom is -0.497 e. The van der Waals surface area contributed by atoms with Gasteiger partial charge in [-0.05, 0) is 70.3 Å². The highest BCUT2D eigenvalue weighted by molar-refractivity contribution is 14.1. The van der Waals surface area contributed by atoms with Gasteiger partial charge in [0.1, 0.15) is 5.75 Å². The third-order valence-corrected chi connectivity index (χ3v) is 6.17. The van der Waals surface area contributed by atoms with Crippen LogP contribution in [-0.2, 0) is 28.1 Å². The first-order valence-electron chi connectivity index (χ1n) is 9.33. The van der Waals surface area contributed by atoms with Crippen molar-refractivity contribution in [3.8, 4) is 5.75 Å². The van der Waals surface area contributed by atoms with Gasteiger partial charge in [-0.3, -0.25) is 0 Å². The maximum Gasteiger partial charge on any atom is 0.509 e. The van der Waals surface area contributed by atoms with Crippen molar-refractivity contribution >= 4 is 44.1 Å². The van der Waals surface area contributed by atoms with Crippen LogP contribution in [0.1, 0.15) is 41.7 Å². The molecule has 2 aromatic carbocycles. The maximum atomic E-state index is 11.7. The van der Waals surface area contributed by atoms with Crippen molar-refractivity contribution in [3.05, 3.63) is 64.2 Å². The van der Waals surface area contributed by atoms with E-state index in [1.54, 1.807) is 30.3 Å². The fourth-order valence-corrected chi connectivity index (χ4v) is 5.21. The molecule has 0 spiro atoms. The van der Waals surface area contributed by atoms with Gasteiger partial charge >= 0.3 is 18.1 Å². The van der Waals surface area contributed by atoms with Crippen molar-refractivity contribution in [1.82, 2.24) is 0 Å². The summed E-state index contributed by atoms with van der Waals surface area (Å²) in [4.78, 5) is 23.4. The number of carbonyl (C=O) groups is 2. The Morgan fingerprint density at radius 3 is 2.23 bits per heavy atom. The van der Waals surface area contributed by atoms with E-state index < -0.39 is 18.1 Å². The topological polar surface area (TPSA) is 102 Å². The molecule has 8 heteroatoms. The summed E-state index contributed by atoms with van der Waals surface area (Å²) in [5.74, 6) is -1.61. The van der Waals surface area contributed by atoms with Gasteiger partial charge in [0.05, 0.1) is 18.2 Å². The molecular formula is C22H21IO7. The van der Waals surface area contributed by atoms with E-state index in [0.29, 0.717) is 32.5 Å². The largest absolute Gasteiger partial charge is 0.509 e. The van der Waals surface area contributed by atoms with Crippen molar-refractivity contribution in [2.24, 2.45) is 0 Å². The predicted molar refractivity (Wildman–Crippen MR) is 119 cm³/mol. The monoisotopic (exact) mass is 524 g/mol. The lowest BCUT2D eigenvalue weighted by molar-refractivity contribution is -0.146. The molecule has 0 fully saturated rings. The number of hydrogen-bond donors (Lipinski definition) is 2. The molecule has 0 bridgehead atoms. The smallest absolute Gasteiger partial charge is 0.497 e. The molecule has 2 aromatic rings. The van der Waals surface area contributed by atoms with Gasteiger partial charge < -0.3 is 24.4 Å². The third kappa shape index (κ3) is 3.60. The van der Waals surface area contributed by atoms with Crippen LogP contribution in [0.5, 0.6) is 5.75 Å². The number of halogens is 1. The first-order chi connectivity index (χ1) is 14.3. The average molecular weight is 524 g/mol. The maximum absolute atomic E-state index is 11.7. The number of methoxy groups -OCH3 is 1. The molecule has 0 aromatic heterocycles. The molecule has 158 valence electrons. The molecule has 3 rings (SSSR count). The average Bonchev–Trinajstić information content (AvgIpc) is 2.93. The number of fused-ring (bicyclic) bond motifs is 1. The molecule has 0 radical (unpaired) electrons. The van der Waals surface area contributed by atoms with Crippen LogP contribution in [0.4, 0.5) is 9.59 Å². The zero-order chi connectivity index (χ0) is 22.1. The van der Waals surface area contributed by atoms with Crippen LogP contribution in [0.25, 0.3) is 9.15 Å². The van der Waals surface area contributed by atoms with Crippen LogP contribution >= 0.6 is 22.6 Å². The molecule has 1 aliphatic rings. The molecule has 0 aliphatic heterocycles. The number of carboxylic acid groups (broad SMARTS) is 2. The number of benzene rings is 2. The summed E-state index contributed by atoms with van der Waals surface area (Å²) in [6.45, 7) is 4.03. The van der Waals surface area contributed by atoms with Gasteiger partial charge in [0.15, 0.2) is 0 Å². The fraction of sp³-hybridized carbons (Fsp3) is 0.273. The second-order valence-corrected chi connectivity index (χ2v) is 7.69. The molecule has 7 nitrogen and oxygen atoms in total. The Labute approximate surface area is 187 Å². The van der Waals surface area contributed by atoms with Crippen molar-refractivity contribution in [3.63, 3.8) is 0 Å². The third-order valence-electron chi connectivity index (χ3n) is 5.09. The van der Waals surface area contributed by atoms with E-state index in [0.717, 1.165) is 23.1 Å². The van der Waals surface area contributed by atoms with Crippen LogP contribution in [0.15, 0.2) is 36.4 Å². The molecule has 0 saturated heterocycles. The summed E-state index contributed by atoms with van der Waals surface area (Å²) in [5.41, 5.74) is 4.05. The van der Waals surface area contributed by atoms with Gasteiger partial charge in [0.25, 0.3) is 0 Å². The van der Waals surface area contributed by atoms with Gasteiger partial charge in [0.2, 0.25) is 0 Å². The fourth-order valence-electron chi connectivity index (χ4n) is 3.93. The molecule has 0 heterocycles. The van der Waals surface area contributed by atoms with Gasteiger partial charge in [-0.2, -0.15) is 0 Å². The summed E-state index contributed by atoms with van der Waals surface area (Å²) in [6.07, 6.45) is -1.83. The summed E-state index contributed by atoms with van der Waals surface area (Å²) >= 11 is 2.11. The van der Waals surface area contributed by atoms with E-state index in [2.05, 4.69) is 22.6 Å². The highest BCUT2D eigenvalue weighted by atomic mass is 127. The first kappa shape index (κ1) is 21.9. The molecule has 0 atom stereocenters. The summed E-state index contributed by atoms with van der Waals surface area (Å²) < 4.78 is 16.4. The van der Waals surface area contributed by atoms with Gasteiger partial charge in [-0.25, -0.2) is 9.59 Å². The van der Waals surface area contributed by atoms with E-state index >= 15 is 0 Å². The molecule has 30 heavy (non-hydrogen) atoms. The van der Waals surface area contributed by atoms with Crippen LogP contribution < -0.4 is 4.74 Å². The summed E-state index contributed by atoms with van der Waals surface area (Å²) in [5, 5.41) is 19.0. The van der Waals surface area contributed by atoms with Crippen LogP contribution in [-0.4, -0.2) is 29.6 Å². The number of ether oxygens (including phenoxy) is 3. The predicted octanol–water partition coefficient (Wildman–Crippen LogP) is 5.68. The summed E-state index contributed by atoms with van der Waals surface area (Å²) in [7, 11) is 1.51. The van der Waals surface area contributed by atoms with Crippen molar-refractivity contribution in [2.45, 2.75) is 32.5 Å². The Balaban J connectivity index is 2.43. The van der Waals surface area contributed by atoms with Crippen molar-refractivity contribution in [1.29, 1.82) is 0 Å². The second kappa shape index (κ2) is 8.55. The number of hydrogen-bond acceptors (Lipinski definition) is 5. The molecule has 0 unspecified atom stereocenters. The van der Waals surface area contributed by atoms with Crippen LogP contribution in [0.3, 0.4) is 0 Å². The Morgan fingerprint density at radius 1 is 1.03 bits per heavy atom. The lowest BCUT2D eigenvalue weighted by Gasteiger charge is -2.30. The Hall–Kier alpha value is -2.75. The SMILES string of the molecule is CCc1ccc2c(c1CC)C(I)=C(c1cccc(OC)c1)C2(OC(=O)O)OC(=O)O. The highest BCUT2D eigenvalue weighted by Gasteiger charge is 2.54. The zero-order valence-electron chi connectivity index (χ0n) is 16.7. The zero-order valence-corrected chi connectivity index (χ0v) is 18.8. The van der Waals surface area contributed by atoms with E-state index in [1.807, 2.05) is 19.9 Å². The van der Waals surface area contributed by atoms with Crippen LogP contribution in [0, 0.1) is 0 Å². The van der Waals surface area contributed by atoms with E-state index in [1.165, 1.54) is 7.11 Å². The minimum atomic E-state index is -2.15. The molecule has 2 N–H and O–H groups in total. The number of rotatable bonds is 6. The Kier molecular flexibility index (Phi) is 6.25. The van der Waals surface area contributed by atoms with Gasteiger partial charge in [-0.1, -0.05) is 32.0 Å². The first-order valence-corrected chi connectivity index (χ1v) is 10.4. The quantitative estimate of drug-likeness (QED) is 0.285. The molecule has 1 aliphatic carbocycles. The number of aryl methyl sites for hydroxylation is 1. The van der Waals surface area contributed by atoms with Gasteiger partial charge in [0, 0.05) is 9.14 Å². The highest BCUT2D eigenvalue weighted by Crippen LogP contribution is 2.56. The minimum absolute atomic E-state index is 0.310. The normalized spacial score (nSPS) is 14.3. The molecular weight excluding hydrogens is 503 g/mol. The standard InChI is InChI=1S/C22H21IO7/c1-4-12-9-10-16-17(15(12)5-2)19(23)18(13-7-6-8-14(11-13)28-3)22(16,29-20(24)25)30-21(26)27/h6-11H,4-5H2,1-3H3,(H,24,25)(H,26,27). The van der Waals surface area contributed by atoms with Crippen molar-refractivity contribution in [2.75, 3.05) is 7.11 Å². The van der Waals surface area contributed by atoms with E-state index in [4.69, 9.17) is 14.2 Å². The Bertz CT molecular complexity index is 1030. The van der Waals surface area contributed by atoms with Crippen molar-refractivity contribution < 1.29 is 34.0 Å². The van der Waals surface area contributed by atoms with Gasteiger partial charge in [-0.15, -0.1) is 0 Å². The Morgan fingerprint density at radius 2 is 1.70 bits per heavy atom. The molecule has 0 amide bonds. The van der Waals surface area contributed by atoms with Crippen LogP contribution in [0.2, 0.25) is 0 Å². The second-order valence-electron chi connectivity index (χ2n) is 6.61. The lowest BCUT2D eigenvalue weighted by Crippen LogP contribution is -2.37. The lowest BCUT2D eigenvalue weighted by atomic mass is 9.92. The van der Waals surface area contributed by atoms with E-state index in [9.17, 15) is 19.8 Å².